The number of fused-ring (bicyclic) bond motifs is 2. The van der Waals surface area contributed by atoms with E-state index in [4.69, 9.17) is 13.9 Å². The molecule has 2 N–H and O–H groups in total. The van der Waals surface area contributed by atoms with Crippen molar-refractivity contribution in [3.05, 3.63) is 35.9 Å². The van der Waals surface area contributed by atoms with Gasteiger partial charge in [-0.25, -0.2) is 0 Å². The molecule has 2 saturated carbocycles. The highest BCUT2D eigenvalue weighted by atomic mass is 28.4. The minimum Gasteiger partial charge on any atom is -0.417 e. The Balaban J connectivity index is 1.58. The molecule has 1 aromatic carbocycles. The van der Waals surface area contributed by atoms with Gasteiger partial charge in [0.15, 0.2) is 20.2 Å². The van der Waals surface area contributed by atoms with Crippen molar-refractivity contribution >= 4 is 8.32 Å². The topological polar surface area (TPSA) is 68.2 Å². The van der Waals surface area contributed by atoms with Gasteiger partial charge in [-0.1, -0.05) is 76.8 Å². The number of aliphatic hydroxyl groups is 2. The second kappa shape index (κ2) is 9.27. The summed E-state index contributed by atoms with van der Waals surface area (Å²) < 4.78 is 18.8. The summed E-state index contributed by atoms with van der Waals surface area (Å²) in [5, 5.41) is 22.8. The Hall–Kier alpha value is -1.20. The minimum atomic E-state index is -1.93. The molecule has 6 atom stereocenters. The molecule has 0 radical (unpaired) electrons. The average molecular weight is 501 g/mol. The van der Waals surface area contributed by atoms with Crippen molar-refractivity contribution in [2.45, 2.75) is 103 Å². The first kappa shape index (κ1) is 26.8. The Bertz CT molecular complexity index is 959. The Kier molecular flexibility index (Phi) is 7.11. The molecule has 6 heteroatoms. The van der Waals surface area contributed by atoms with Crippen molar-refractivity contribution in [2.75, 3.05) is 13.2 Å². The molecule has 0 aromatic heterocycles. The molecule has 1 heterocycles. The van der Waals surface area contributed by atoms with Crippen molar-refractivity contribution in [3.63, 3.8) is 0 Å². The maximum atomic E-state index is 11.8. The van der Waals surface area contributed by atoms with E-state index >= 15 is 0 Å². The summed E-state index contributed by atoms with van der Waals surface area (Å²) in [5.74, 6) is 7.07. The Morgan fingerprint density at radius 2 is 1.83 bits per heavy atom. The molecule has 3 fully saturated rings. The lowest BCUT2D eigenvalue weighted by atomic mass is 9.68. The minimum absolute atomic E-state index is 0.0559. The predicted molar refractivity (Wildman–Crippen MR) is 140 cm³/mol. The van der Waals surface area contributed by atoms with Crippen LogP contribution in [-0.2, 0) is 13.9 Å². The maximum Gasteiger partial charge on any atom is 0.191 e. The SMILES string of the molecule is CC1(C)[C@H]2CC[C@@]1(C#C[C@]1(O)CO[C@@H](c3ccccc3)O[C@@H]1CCO[Si](C)(C)C(C)(C)C)[C@H](O)C2. The number of aliphatic hydroxyl groups excluding tert-OH is 1. The van der Waals surface area contributed by atoms with Crippen molar-refractivity contribution in [3.8, 4) is 11.8 Å². The lowest BCUT2D eigenvalue weighted by Crippen LogP contribution is -2.53. The molecule has 4 rings (SSSR count). The van der Waals surface area contributed by atoms with Gasteiger partial charge in [-0.2, -0.15) is 0 Å². The van der Waals surface area contributed by atoms with E-state index in [9.17, 15) is 10.2 Å². The molecular weight excluding hydrogens is 456 g/mol. The molecule has 35 heavy (non-hydrogen) atoms. The Morgan fingerprint density at radius 1 is 1.14 bits per heavy atom. The molecule has 3 aliphatic rings. The van der Waals surface area contributed by atoms with Crippen LogP contribution in [0.1, 0.15) is 72.2 Å². The van der Waals surface area contributed by atoms with Gasteiger partial charge in [-0.15, -0.1) is 0 Å². The maximum absolute atomic E-state index is 11.8. The van der Waals surface area contributed by atoms with Crippen LogP contribution < -0.4 is 0 Å². The molecule has 5 nitrogen and oxygen atoms in total. The Labute approximate surface area is 212 Å². The largest absolute Gasteiger partial charge is 0.417 e. The monoisotopic (exact) mass is 500 g/mol. The van der Waals surface area contributed by atoms with Crippen LogP contribution in [0.15, 0.2) is 30.3 Å². The van der Waals surface area contributed by atoms with Gasteiger partial charge in [0.05, 0.1) is 18.1 Å². The second-order valence-electron chi connectivity index (χ2n) is 12.9. The molecule has 194 valence electrons. The molecule has 0 amide bonds. The molecule has 1 aromatic rings. The third-order valence-electron chi connectivity index (χ3n) is 9.63. The van der Waals surface area contributed by atoms with Crippen LogP contribution in [0.4, 0.5) is 0 Å². The third-order valence-corrected chi connectivity index (χ3v) is 14.2. The first-order valence-corrected chi connectivity index (χ1v) is 16.0. The van der Waals surface area contributed by atoms with Gasteiger partial charge >= 0.3 is 0 Å². The Morgan fingerprint density at radius 3 is 2.40 bits per heavy atom. The zero-order chi connectivity index (χ0) is 25.7. The van der Waals surface area contributed by atoms with E-state index in [1.54, 1.807) is 0 Å². The summed E-state index contributed by atoms with van der Waals surface area (Å²) in [6, 6.07) is 9.81. The van der Waals surface area contributed by atoms with Gasteiger partial charge in [-0.05, 0) is 55.1 Å². The number of hydrogen-bond donors (Lipinski definition) is 2. The highest BCUT2D eigenvalue weighted by Gasteiger charge is 2.63. The van der Waals surface area contributed by atoms with E-state index in [1.807, 2.05) is 30.3 Å². The lowest BCUT2D eigenvalue weighted by Gasteiger charge is -2.42. The quantitative estimate of drug-likeness (QED) is 0.417. The fourth-order valence-corrected chi connectivity index (χ4v) is 6.96. The lowest BCUT2D eigenvalue weighted by molar-refractivity contribution is -0.279. The molecule has 0 unspecified atom stereocenters. The van der Waals surface area contributed by atoms with Gasteiger partial charge in [0.25, 0.3) is 0 Å². The van der Waals surface area contributed by atoms with Crippen molar-refractivity contribution in [1.82, 2.24) is 0 Å². The average Bonchev–Trinajstić information content (AvgIpc) is 3.14. The number of hydrogen-bond acceptors (Lipinski definition) is 5. The van der Waals surface area contributed by atoms with E-state index in [0.717, 1.165) is 24.8 Å². The van der Waals surface area contributed by atoms with E-state index in [-0.39, 0.29) is 17.1 Å². The summed E-state index contributed by atoms with van der Waals surface area (Å²) in [5.41, 5.74) is -1.12. The molecule has 2 aliphatic carbocycles. The second-order valence-corrected chi connectivity index (χ2v) is 17.7. The molecule has 1 aliphatic heterocycles. The number of benzene rings is 1. The van der Waals surface area contributed by atoms with Gasteiger partial charge in [0.2, 0.25) is 0 Å². The van der Waals surface area contributed by atoms with E-state index in [1.165, 1.54) is 0 Å². The zero-order valence-corrected chi connectivity index (χ0v) is 23.6. The van der Waals surface area contributed by atoms with Crippen molar-refractivity contribution in [1.29, 1.82) is 0 Å². The van der Waals surface area contributed by atoms with Crippen LogP contribution in [0.3, 0.4) is 0 Å². The normalized spacial score (nSPS) is 36.6. The number of rotatable bonds is 5. The highest BCUT2D eigenvalue weighted by molar-refractivity contribution is 6.74. The van der Waals surface area contributed by atoms with Crippen LogP contribution in [-0.4, -0.2) is 49.6 Å². The van der Waals surface area contributed by atoms with Crippen LogP contribution in [0.25, 0.3) is 0 Å². The molecule has 0 spiro atoms. The summed E-state index contributed by atoms with van der Waals surface area (Å²) in [6.45, 7) is 16.1. The van der Waals surface area contributed by atoms with Gasteiger partial charge in [0, 0.05) is 12.2 Å². The summed E-state index contributed by atoms with van der Waals surface area (Å²) in [7, 11) is -1.93. The van der Waals surface area contributed by atoms with E-state index in [2.05, 4.69) is 59.6 Å². The fourth-order valence-electron chi connectivity index (χ4n) is 5.90. The zero-order valence-electron chi connectivity index (χ0n) is 22.6. The van der Waals surface area contributed by atoms with Gasteiger partial charge in [-0.3, -0.25) is 0 Å². The first-order chi connectivity index (χ1) is 16.2. The summed E-state index contributed by atoms with van der Waals surface area (Å²) in [6.07, 6.45) is 1.66. The van der Waals surface area contributed by atoms with Crippen molar-refractivity contribution in [2.24, 2.45) is 16.7 Å². The van der Waals surface area contributed by atoms with Crippen LogP contribution >= 0.6 is 0 Å². The van der Waals surface area contributed by atoms with E-state index < -0.39 is 37.8 Å². The predicted octanol–water partition coefficient (Wildman–Crippen LogP) is 5.43. The number of ether oxygens (including phenoxy) is 2. The van der Waals surface area contributed by atoms with Crippen molar-refractivity contribution < 1.29 is 24.1 Å². The molecule has 2 bridgehead atoms. The standard InChI is InChI=1S/C29H44O5Si/c1-26(2,3)35(6,7)33-18-14-24-29(31,20-32-25(34-24)21-11-9-8-10-12-21)17-16-28-15-13-22(19-23(28)30)27(28,4)5/h8-12,22-25,30-31H,13-15,18-20H2,1-7H3/t22-,23+,24+,25+,28+,29-/m0/s1. The van der Waals surface area contributed by atoms with E-state index in [0.29, 0.717) is 18.9 Å². The smallest absolute Gasteiger partial charge is 0.191 e. The summed E-state index contributed by atoms with van der Waals surface area (Å²) in [4.78, 5) is 0. The molecule has 1 saturated heterocycles. The van der Waals surface area contributed by atoms with Gasteiger partial charge in [0.1, 0.15) is 6.10 Å². The van der Waals surface area contributed by atoms with Crippen LogP contribution in [0.5, 0.6) is 0 Å². The summed E-state index contributed by atoms with van der Waals surface area (Å²) >= 11 is 0. The van der Waals surface area contributed by atoms with Gasteiger partial charge < -0.3 is 24.1 Å². The molecular formula is C29H44O5Si. The third kappa shape index (κ3) is 4.76. The highest BCUT2D eigenvalue weighted by Crippen LogP contribution is 2.65. The van der Waals surface area contributed by atoms with Crippen LogP contribution in [0, 0.1) is 28.6 Å². The first-order valence-electron chi connectivity index (χ1n) is 13.1. The fraction of sp³-hybridized carbons (Fsp3) is 0.724. The van der Waals surface area contributed by atoms with Crippen LogP contribution in [0.2, 0.25) is 18.1 Å².